The van der Waals surface area contributed by atoms with Crippen LogP contribution in [0.4, 0.5) is 5.69 Å². The van der Waals surface area contributed by atoms with Gasteiger partial charge in [-0.15, -0.1) is 0 Å². The predicted molar refractivity (Wildman–Crippen MR) is 83.9 cm³/mol. The first-order chi connectivity index (χ1) is 9.54. The monoisotopic (exact) mass is 271 g/mol. The first kappa shape index (κ1) is 14.9. The van der Waals surface area contributed by atoms with Gasteiger partial charge in [-0.25, -0.2) is 0 Å². The molecule has 1 aromatic rings. The minimum absolute atomic E-state index is 0.327. The number of anilines is 1. The number of rotatable bonds is 5. The fourth-order valence-electron chi connectivity index (χ4n) is 3.00. The number of hydrogen-bond donors (Lipinski definition) is 1. The maximum absolute atomic E-state index is 9.43. The lowest BCUT2D eigenvalue weighted by Gasteiger charge is -2.34. The van der Waals surface area contributed by atoms with Crippen molar-refractivity contribution in [3.63, 3.8) is 0 Å². The van der Waals surface area contributed by atoms with Gasteiger partial charge in [-0.2, -0.15) is 5.26 Å². The maximum atomic E-state index is 9.43. The molecule has 1 unspecified atom stereocenters. The highest BCUT2D eigenvalue weighted by Gasteiger charge is 2.26. The summed E-state index contributed by atoms with van der Waals surface area (Å²) < 4.78 is 0. The fraction of sp³-hybridized carbons (Fsp3) is 0.588. The van der Waals surface area contributed by atoms with Gasteiger partial charge in [0.1, 0.15) is 5.54 Å². The Hall–Kier alpha value is -1.53. The predicted octanol–water partition coefficient (Wildman–Crippen LogP) is 3.11. The third-order valence-electron chi connectivity index (χ3n) is 3.94. The van der Waals surface area contributed by atoms with Crippen LogP contribution in [0.3, 0.4) is 0 Å². The molecule has 108 valence electrons. The summed E-state index contributed by atoms with van der Waals surface area (Å²) in [5.74, 6) is 0. The normalized spacial score (nSPS) is 17.4. The second-order valence-electron chi connectivity index (χ2n) is 6.21. The topological polar surface area (TPSA) is 39.1 Å². The van der Waals surface area contributed by atoms with Crippen molar-refractivity contribution in [3.8, 4) is 6.07 Å². The summed E-state index contributed by atoms with van der Waals surface area (Å²) in [5, 5.41) is 12.8. The number of nitrogens with zero attached hydrogens (tertiary/aromatic N) is 2. The Labute approximate surface area is 122 Å². The molecule has 3 nitrogen and oxygen atoms in total. The fourth-order valence-corrected chi connectivity index (χ4v) is 3.00. The summed E-state index contributed by atoms with van der Waals surface area (Å²) >= 11 is 0. The molecule has 1 aliphatic heterocycles. The van der Waals surface area contributed by atoms with Crippen molar-refractivity contribution in [3.05, 3.63) is 29.8 Å². The molecule has 20 heavy (non-hydrogen) atoms. The summed E-state index contributed by atoms with van der Waals surface area (Å²) in [5.41, 5.74) is 2.35. The molecule has 0 radical (unpaired) electrons. The summed E-state index contributed by atoms with van der Waals surface area (Å²) in [6.07, 6.45) is 3.22. The van der Waals surface area contributed by atoms with E-state index in [0.717, 1.165) is 19.5 Å². The highest BCUT2D eigenvalue weighted by Crippen LogP contribution is 2.27. The zero-order valence-corrected chi connectivity index (χ0v) is 12.8. The van der Waals surface area contributed by atoms with Crippen molar-refractivity contribution < 1.29 is 0 Å². The smallest absolute Gasteiger partial charge is 0.105 e. The molecule has 1 aliphatic rings. The molecule has 1 atom stereocenters. The van der Waals surface area contributed by atoms with E-state index in [9.17, 15) is 5.26 Å². The highest BCUT2D eigenvalue weighted by atomic mass is 15.1. The lowest BCUT2D eigenvalue weighted by molar-refractivity contribution is 0.381. The number of hydrogen-bond acceptors (Lipinski definition) is 3. The van der Waals surface area contributed by atoms with Gasteiger partial charge in [0.25, 0.3) is 0 Å². The lowest BCUT2D eigenvalue weighted by atomic mass is 9.96. The number of benzene rings is 1. The zero-order valence-electron chi connectivity index (χ0n) is 12.8. The molecule has 0 spiro atoms. The molecular weight excluding hydrogens is 246 g/mol. The van der Waals surface area contributed by atoms with Crippen LogP contribution in [0.1, 0.15) is 39.2 Å². The molecular formula is C17H25N3. The standard InChI is InChI=1S/C17H25N3/c1-14(2)19-17(3,13-18)10-12-20-11-6-8-15-7-4-5-9-16(15)20/h4-5,7,9,14,19H,6,8,10-12H2,1-3H3. The van der Waals surface area contributed by atoms with E-state index in [4.69, 9.17) is 0 Å². The molecule has 0 aromatic heterocycles. The van der Waals surface area contributed by atoms with Gasteiger partial charge in [0.15, 0.2) is 0 Å². The molecule has 0 fully saturated rings. The van der Waals surface area contributed by atoms with E-state index < -0.39 is 5.54 Å². The van der Waals surface area contributed by atoms with E-state index in [-0.39, 0.29) is 0 Å². The number of nitriles is 1. The van der Waals surface area contributed by atoms with Crippen LogP contribution in [0.25, 0.3) is 0 Å². The van der Waals surface area contributed by atoms with Gasteiger partial charge in [0.2, 0.25) is 0 Å². The molecule has 1 N–H and O–H groups in total. The highest BCUT2D eigenvalue weighted by molar-refractivity contribution is 5.55. The molecule has 1 heterocycles. The van der Waals surface area contributed by atoms with Crippen LogP contribution in [0, 0.1) is 11.3 Å². The van der Waals surface area contributed by atoms with Gasteiger partial charge in [0, 0.05) is 24.8 Å². The first-order valence-corrected chi connectivity index (χ1v) is 7.56. The molecule has 1 aromatic carbocycles. The van der Waals surface area contributed by atoms with Gasteiger partial charge in [-0.05, 0) is 51.7 Å². The average molecular weight is 271 g/mol. The quantitative estimate of drug-likeness (QED) is 0.894. The van der Waals surface area contributed by atoms with Gasteiger partial charge in [0.05, 0.1) is 6.07 Å². The molecule has 0 saturated heterocycles. The summed E-state index contributed by atoms with van der Waals surface area (Å²) in [7, 11) is 0. The third kappa shape index (κ3) is 3.52. The summed E-state index contributed by atoms with van der Waals surface area (Å²) in [6, 6.07) is 11.4. The van der Waals surface area contributed by atoms with E-state index in [0.29, 0.717) is 6.04 Å². The maximum Gasteiger partial charge on any atom is 0.105 e. The zero-order chi connectivity index (χ0) is 14.6. The van der Waals surface area contributed by atoms with Crippen molar-refractivity contribution in [2.45, 2.75) is 51.6 Å². The van der Waals surface area contributed by atoms with Crippen molar-refractivity contribution >= 4 is 5.69 Å². The molecule has 0 aliphatic carbocycles. The molecule has 0 amide bonds. The second-order valence-corrected chi connectivity index (χ2v) is 6.21. The summed E-state index contributed by atoms with van der Waals surface area (Å²) in [4.78, 5) is 2.43. The Kier molecular flexibility index (Phi) is 4.67. The van der Waals surface area contributed by atoms with Crippen molar-refractivity contribution in [2.24, 2.45) is 0 Å². The number of nitrogens with one attached hydrogen (secondary N) is 1. The Morgan fingerprint density at radius 2 is 2.15 bits per heavy atom. The number of fused-ring (bicyclic) bond motifs is 1. The number of para-hydroxylation sites is 1. The van der Waals surface area contributed by atoms with Crippen molar-refractivity contribution in [2.75, 3.05) is 18.0 Å². The van der Waals surface area contributed by atoms with Crippen LogP contribution in [0.5, 0.6) is 0 Å². The average Bonchev–Trinajstić information content (AvgIpc) is 2.44. The van der Waals surface area contributed by atoms with Gasteiger partial charge < -0.3 is 4.90 Å². The van der Waals surface area contributed by atoms with Crippen molar-refractivity contribution in [1.82, 2.24) is 5.32 Å². The Morgan fingerprint density at radius 3 is 2.85 bits per heavy atom. The molecule has 3 heteroatoms. The van der Waals surface area contributed by atoms with Gasteiger partial charge in [-0.1, -0.05) is 18.2 Å². The van der Waals surface area contributed by atoms with Gasteiger partial charge in [-0.3, -0.25) is 5.32 Å². The van der Waals surface area contributed by atoms with E-state index in [1.54, 1.807) is 0 Å². The van der Waals surface area contributed by atoms with E-state index in [1.807, 2.05) is 6.92 Å². The van der Waals surface area contributed by atoms with Crippen LogP contribution in [0.15, 0.2) is 24.3 Å². The van der Waals surface area contributed by atoms with Crippen LogP contribution in [-0.4, -0.2) is 24.7 Å². The minimum atomic E-state index is -0.444. The summed E-state index contributed by atoms with van der Waals surface area (Å²) in [6.45, 7) is 8.21. The molecule has 0 bridgehead atoms. The first-order valence-electron chi connectivity index (χ1n) is 7.56. The minimum Gasteiger partial charge on any atom is -0.371 e. The van der Waals surface area contributed by atoms with Crippen LogP contribution in [-0.2, 0) is 6.42 Å². The Balaban J connectivity index is 2.03. The number of aryl methyl sites for hydroxylation is 1. The molecule has 2 rings (SSSR count). The molecule has 0 saturated carbocycles. The third-order valence-corrected chi connectivity index (χ3v) is 3.94. The van der Waals surface area contributed by atoms with E-state index in [2.05, 4.69) is 54.4 Å². The Bertz CT molecular complexity index is 489. The lowest BCUT2D eigenvalue weighted by Crippen LogP contribution is -2.47. The largest absolute Gasteiger partial charge is 0.371 e. The van der Waals surface area contributed by atoms with Crippen LogP contribution >= 0.6 is 0 Å². The van der Waals surface area contributed by atoms with Crippen LogP contribution < -0.4 is 10.2 Å². The van der Waals surface area contributed by atoms with Crippen LogP contribution in [0.2, 0.25) is 0 Å². The van der Waals surface area contributed by atoms with E-state index >= 15 is 0 Å². The SMILES string of the molecule is CC(C)NC(C)(C#N)CCN1CCCc2ccccc21. The van der Waals surface area contributed by atoms with Crippen molar-refractivity contribution in [1.29, 1.82) is 5.26 Å². The van der Waals surface area contributed by atoms with Gasteiger partial charge >= 0.3 is 0 Å². The van der Waals surface area contributed by atoms with E-state index in [1.165, 1.54) is 24.1 Å². The second kappa shape index (κ2) is 6.28. The Morgan fingerprint density at radius 1 is 1.40 bits per heavy atom.